The first-order valence-electron chi connectivity index (χ1n) is 9.34. The molecule has 0 N–H and O–H groups in total. The highest BCUT2D eigenvalue weighted by molar-refractivity contribution is 7.10. The number of carbonyl (C=O) groups excluding carboxylic acids is 2. The summed E-state index contributed by atoms with van der Waals surface area (Å²) in [6, 6.07) is 6.17. The molecule has 29 heavy (non-hydrogen) atoms. The van der Waals surface area contributed by atoms with E-state index in [1.807, 2.05) is 23.3 Å². The van der Waals surface area contributed by atoms with E-state index in [2.05, 4.69) is 0 Å². The third-order valence-corrected chi connectivity index (χ3v) is 5.97. The Balaban J connectivity index is 1.69. The fraction of sp³-hybridized carbons (Fsp3) is 0.400. The Bertz CT molecular complexity index is 921. The van der Waals surface area contributed by atoms with E-state index in [4.69, 9.17) is 4.74 Å². The van der Waals surface area contributed by atoms with Crippen molar-refractivity contribution in [2.75, 3.05) is 31.6 Å². The second-order valence-electron chi connectivity index (χ2n) is 7.01. The summed E-state index contributed by atoms with van der Waals surface area (Å²) in [7, 11) is 1.65. The number of aryl methyl sites for hydroxylation is 1. The van der Waals surface area contributed by atoms with E-state index in [1.165, 1.54) is 17.0 Å². The number of esters is 1. The predicted molar refractivity (Wildman–Crippen MR) is 110 cm³/mol. The second-order valence-corrected chi connectivity index (χ2v) is 8.01. The van der Waals surface area contributed by atoms with E-state index in [9.17, 15) is 19.7 Å². The highest BCUT2D eigenvalue weighted by Crippen LogP contribution is 2.29. The Hall–Kier alpha value is -2.94. The number of nitro benzene ring substituents is 1. The van der Waals surface area contributed by atoms with Gasteiger partial charge >= 0.3 is 5.97 Å². The maximum atomic E-state index is 12.7. The number of amides is 1. The Labute approximate surface area is 172 Å². The molecule has 1 fully saturated rings. The van der Waals surface area contributed by atoms with Crippen molar-refractivity contribution in [2.24, 2.45) is 0 Å². The zero-order valence-electron chi connectivity index (χ0n) is 16.4. The van der Waals surface area contributed by atoms with Gasteiger partial charge in [0.2, 0.25) is 0 Å². The summed E-state index contributed by atoms with van der Waals surface area (Å²) in [6.07, 6.45) is 1.99. The largest absolute Gasteiger partial charge is 0.452 e. The van der Waals surface area contributed by atoms with Crippen LogP contribution in [0.4, 0.5) is 11.4 Å². The van der Waals surface area contributed by atoms with Crippen LogP contribution in [-0.4, -0.2) is 48.4 Å². The highest BCUT2D eigenvalue weighted by atomic mass is 32.1. The molecular formula is C20H23N3O5S. The van der Waals surface area contributed by atoms with Gasteiger partial charge in [-0.05, 0) is 42.8 Å². The van der Waals surface area contributed by atoms with Crippen LogP contribution < -0.4 is 4.90 Å². The third-order valence-electron chi connectivity index (χ3n) is 4.96. The smallest absolute Gasteiger partial charge is 0.341 e. The van der Waals surface area contributed by atoms with Crippen LogP contribution in [0.25, 0.3) is 0 Å². The van der Waals surface area contributed by atoms with E-state index in [0.29, 0.717) is 12.2 Å². The summed E-state index contributed by atoms with van der Waals surface area (Å²) in [5.74, 6) is -1.07. The Morgan fingerprint density at radius 2 is 2.00 bits per heavy atom. The van der Waals surface area contributed by atoms with Crippen LogP contribution >= 0.6 is 11.3 Å². The van der Waals surface area contributed by atoms with Gasteiger partial charge in [0.1, 0.15) is 0 Å². The molecule has 0 unspecified atom stereocenters. The number of rotatable bonds is 7. The first kappa shape index (κ1) is 20.8. The third kappa shape index (κ3) is 4.92. The minimum atomic E-state index is -0.732. The molecule has 0 spiro atoms. The van der Waals surface area contributed by atoms with Crippen molar-refractivity contribution >= 4 is 34.6 Å². The molecule has 2 heterocycles. The minimum Gasteiger partial charge on any atom is -0.452 e. The number of nitrogens with zero attached hydrogens (tertiary/aromatic N) is 3. The molecule has 0 radical (unpaired) electrons. The zero-order chi connectivity index (χ0) is 21.0. The van der Waals surface area contributed by atoms with Gasteiger partial charge in [-0.15, -0.1) is 11.3 Å². The summed E-state index contributed by atoms with van der Waals surface area (Å²) in [5, 5.41) is 13.1. The predicted octanol–water partition coefficient (Wildman–Crippen LogP) is 3.38. The standard InChI is InChI=1S/C20H23N3O5S/c1-14-7-10-29-18(14)12-21(2)19(24)13-28-20(25)16-11-15(23(26)27)5-6-17(16)22-8-3-4-9-22/h5-7,10-11H,3-4,8-9,12-13H2,1-2H3. The molecule has 3 rings (SSSR count). The van der Waals surface area contributed by atoms with Crippen molar-refractivity contribution in [1.82, 2.24) is 4.90 Å². The molecule has 0 saturated carbocycles. The molecule has 8 nitrogen and oxygen atoms in total. The maximum Gasteiger partial charge on any atom is 0.341 e. The summed E-state index contributed by atoms with van der Waals surface area (Å²) >= 11 is 1.57. The molecule has 1 aromatic heterocycles. The number of anilines is 1. The lowest BCUT2D eigenvalue weighted by molar-refractivity contribution is -0.384. The summed E-state index contributed by atoms with van der Waals surface area (Å²) in [4.78, 5) is 40.2. The molecule has 1 amide bonds. The van der Waals surface area contributed by atoms with Gasteiger partial charge in [0.15, 0.2) is 6.61 Å². The van der Waals surface area contributed by atoms with Crippen LogP contribution in [0.2, 0.25) is 0 Å². The van der Waals surface area contributed by atoms with Crippen LogP contribution in [0.1, 0.15) is 33.6 Å². The van der Waals surface area contributed by atoms with Crippen molar-refractivity contribution < 1.29 is 19.2 Å². The number of thiophene rings is 1. The number of hydrogen-bond acceptors (Lipinski definition) is 7. The number of benzene rings is 1. The molecule has 0 bridgehead atoms. The summed E-state index contributed by atoms with van der Waals surface area (Å²) in [5.41, 5.74) is 1.65. The Kier molecular flexibility index (Phi) is 6.48. The number of ether oxygens (including phenoxy) is 1. The molecule has 1 aromatic carbocycles. The molecule has 0 aliphatic carbocycles. The first-order valence-corrected chi connectivity index (χ1v) is 10.2. The Morgan fingerprint density at radius 3 is 2.62 bits per heavy atom. The number of carbonyl (C=O) groups is 2. The molecule has 1 aliphatic rings. The lowest BCUT2D eigenvalue weighted by Crippen LogP contribution is -2.31. The van der Waals surface area contributed by atoms with Crippen molar-refractivity contribution in [2.45, 2.75) is 26.3 Å². The average molecular weight is 417 g/mol. The number of likely N-dealkylation sites (N-methyl/N-ethyl adjacent to an activating group) is 1. The van der Waals surface area contributed by atoms with Crippen molar-refractivity contribution in [1.29, 1.82) is 0 Å². The van der Waals surface area contributed by atoms with E-state index in [0.717, 1.165) is 36.4 Å². The minimum absolute atomic E-state index is 0.116. The van der Waals surface area contributed by atoms with Crippen LogP contribution in [0.5, 0.6) is 0 Å². The quantitative estimate of drug-likeness (QED) is 0.390. The summed E-state index contributed by atoms with van der Waals surface area (Å²) < 4.78 is 5.22. The van der Waals surface area contributed by atoms with Gasteiger partial charge in [-0.2, -0.15) is 0 Å². The lowest BCUT2D eigenvalue weighted by atomic mass is 10.1. The van der Waals surface area contributed by atoms with Crippen molar-refractivity contribution in [3.05, 3.63) is 55.8 Å². The molecule has 1 aliphatic heterocycles. The summed E-state index contributed by atoms with van der Waals surface area (Å²) in [6.45, 7) is 3.56. The van der Waals surface area contributed by atoms with Crippen LogP contribution in [0.3, 0.4) is 0 Å². The fourth-order valence-electron chi connectivity index (χ4n) is 3.22. The van der Waals surface area contributed by atoms with Gasteiger partial charge in [-0.3, -0.25) is 14.9 Å². The van der Waals surface area contributed by atoms with Gasteiger partial charge in [0, 0.05) is 37.1 Å². The topological polar surface area (TPSA) is 93.0 Å². The van der Waals surface area contributed by atoms with Gasteiger partial charge in [0.05, 0.1) is 22.7 Å². The van der Waals surface area contributed by atoms with E-state index in [1.54, 1.807) is 24.5 Å². The Morgan fingerprint density at radius 1 is 1.28 bits per heavy atom. The zero-order valence-corrected chi connectivity index (χ0v) is 17.2. The first-order chi connectivity index (χ1) is 13.9. The number of hydrogen-bond donors (Lipinski definition) is 0. The monoisotopic (exact) mass is 417 g/mol. The molecular weight excluding hydrogens is 394 g/mol. The second kappa shape index (κ2) is 9.04. The van der Waals surface area contributed by atoms with Crippen LogP contribution in [0.15, 0.2) is 29.6 Å². The lowest BCUT2D eigenvalue weighted by Gasteiger charge is -2.21. The fourth-order valence-corrected chi connectivity index (χ4v) is 4.18. The molecule has 9 heteroatoms. The van der Waals surface area contributed by atoms with E-state index >= 15 is 0 Å². The number of non-ortho nitro benzene ring substituents is 1. The van der Waals surface area contributed by atoms with Gasteiger partial charge in [-0.1, -0.05) is 0 Å². The van der Waals surface area contributed by atoms with Gasteiger partial charge in [-0.25, -0.2) is 4.79 Å². The van der Waals surface area contributed by atoms with E-state index in [-0.39, 0.29) is 17.2 Å². The van der Waals surface area contributed by atoms with Crippen molar-refractivity contribution in [3.63, 3.8) is 0 Å². The van der Waals surface area contributed by atoms with Crippen LogP contribution in [0, 0.1) is 17.0 Å². The molecule has 2 aromatic rings. The van der Waals surface area contributed by atoms with Gasteiger partial charge < -0.3 is 14.5 Å². The normalized spacial score (nSPS) is 13.4. The highest BCUT2D eigenvalue weighted by Gasteiger charge is 2.24. The number of nitro groups is 1. The van der Waals surface area contributed by atoms with Crippen molar-refractivity contribution in [3.8, 4) is 0 Å². The van der Waals surface area contributed by atoms with Gasteiger partial charge in [0.25, 0.3) is 11.6 Å². The average Bonchev–Trinajstić information content (AvgIpc) is 3.37. The molecule has 1 saturated heterocycles. The SMILES string of the molecule is Cc1ccsc1CN(C)C(=O)COC(=O)c1cc([N+](=O)[O-])ccc1N1CCCC1. The molecule has 0 atom stereocenters. The maximum absolute atomic E-state index is 12.7. The van der Waals surface area contributed by atoms with Crippen LogP contribution in [-0.2, 0) is 16.1 Å². The van der Waals surface area contributed by atoms with E-state index < -0.39 is 17.5 Å². The molecule has 154 valence electrons.